The van der Waals surface area contributed by atoms with Gasteiger partial charge in [-0.3, -0.25) is 0 Å². The van der Waals surface area contributed by atoms with Crippen LogP contribution in [0.3, 0.4) is 0 Å². The number of nitrogens with zero attached hydrogens (tertiary/aromatic N) is 2. The Hall–Kier alpha value is -1.35. The van der Waals surface area contributed by atoms with Crippen molar-refractivity contribution in [3.8, 4) is 0 Å². The van der Waals surface area contributed by atoms with Gasteiger partial charge in [0.05, 0.1) is 12.2 Å². The number of aryl methyl sites for hydroxylation is 1. The van der Waals surface area contributed by atoms with Gasteiger partial charge in [-0.05, 0) is 30.2 Å². The van der Waals surface area contributed by atoms with Gasteiger partial charge in [-0.1, -0.05) is 37.1 Å². The van der Waals surface area contributed by atoms with Crippen LogP contribution in [0.5, 0.6) is 0 Å². The average Bonchev–Trinajstić information content (AvgIpc) is 2.60. The van der Waals surface area contributed by atoms with Gasteiger partial charge in [0.1, 0.15) is 11.0 Å². The summed E-state index contributed by atoms with van der Waals surface area (Å²) < 4.78 is 14.7. The molecule has 0 unspecified atom stereocenters. The van der Waals surface area contributed by atoms with E-state index in [1.165, 1.54) is 12.1 Å². The number of rotatable bonds is 4. The van der Waals surface area contributed by atoms with Gasteiger partial charge < -0.3 is 0 Å². The van der Waals surface area contributed by atoms with Gasteiger partial charge >= 0.3 is 0 Å². The largest absolute Gasteiger partial charge is 0.249 e. The van der Waals surface area contributed by atoms with Crippen molar-refractivity contribution in [1.82, 2.24) is 9.78 Å². The molecule has 0 saturated carbocycles. The van der Waals surface area contributed by atoms with Crippen LogP contribution in [0.25, 0.3) is 0 Å². The molecule has 2 aromatic rings. The lowest BCUT2D eigenvalue weighted by Crippen LogP contribution is -2.02. The summed E-state index contributed by atoms with van der Waals surface area (Å²) in [6, 6.07) is 8.34. The maximum absolute atomic E-state index is 13.0. The van der Waals surface area contributed by atoms with E-state index in [-0.39, 0.29) is 5.82 Å². The number of benzene rings is 1. The molecule has 1 heterocycles. The Morgan fingerprint density at radius 2 is 2.18 bits per heavy atom. The second kappa shape index (κ2) is 5.32. The Labute approximate surface area is 105 Å². The summed E-state index contributed by atoms with van der Waals surface area (Å²) >= 11 is 6.08. The van der Waals surface area contributed by atoms with E-state index < -0.39 is 0 Å². The zero-order chi connectivity index (χ0) is 12.3. The maximum Gasteiger partial charge on any atom is 0.127 e. The third-order valence-corrected chi connectivity index (χ3v) is 2.81. The summed E-state index contributed by atoms with van der Waals surface area (Å²) in [4.78, 5) is 0. The van der Waals surface area contributed by atoms with E-state index in [1.54, 1.807) is 10.7 Å². The summed E-state index contributed by atoms with van der Waals surface area (Å²) in [5.74, 6) is -0.237. The highest BCUT2D eigenvalue weighted by atomic mass is 35.5. The van der Waals surface area contributed by atoms with Crippen LogP contribution in [-0.2, 0) is 13.0 Å². The first-order chi connectivity index (χ1) is 8.19. The Morgan fingerprint density at radius 1 is 1.35 bits per heavy atom. The quantitative estimate of drug-likeness (QED) is 0.812. The first-order valence-corrected chi connectivity index (χ1v) is 6.03. The van der Waals surface area contributed by atoms with Crippen molar-refractivity contribution in [2.24, 2.45) is 0 Å². The molecule has 0 atom stereocenters. The van der Waals surface area contributed by atoms with Gasteiger partial charge in [0.25, 0.3) is 0 Å². The molecule has 0 aliphatic rings. The fraction of sp³-hybridized carbons (Fsp3) is 0.308. The SMILES string of the molecule is CCCc1cc(Cl)n(Cc2cccc(F)c2)n1. The van der Waals surface area contributed by atoms with E-state index in [1.807, 2.05) is 12.1 Å². The molecular weight excluding hydrogens is 239 g/mol. The standard InChI is InChI=1S/C13H14ClFN2/c1-2-4-12-8-13(14)17(16-12)9-10-5-3-6-11(15)7-10/h3,5-8H,2,4,9H2,1H3. The van der Waals surface area contributed by atoms with Crippen LogP contribution in [-0.4, -0.2) is 9.78 Å². The lowest BCUT2D eigenvalue weighted by atomic mass is 10.2. The van der Waals surface area contributed by atoms with E-state index in [0.717, 1.165) is 24.1 Å². The van der Waals surface area contributed by atoms with Crippen molar-refractivity contribution in [1.29, 1.82) is 0 Å². The molecule has 2 nitrogen and oxygen atoms in total. The van der Waals surface area contributed by atoms with E-state index in [2.05, 4.69) is 12.0 Å². The highest BCUT2D eigenvalue weighted by Crippen LogP contribution is 2.15. The van der Waals surface area contributed by atoms with Crippen molar-refractivity contribution >= 4 is 11.6 Å². The highest BCUT2D eigenvalue weighted by molar-refractivity contribution is 6.29. The minimum Gasteiger partial charge on any atom is -0.249 e. The molecule has 1 aromatic carbocycles. The van der Waals surface area contributed by atoms with Crippen molar-refractivity contribution in [3.05, 3.63) is 52.6 Å². The summed E-state index contributed by atoms with van der Waals surface area (Å²) in [5, 5.41) is 4.98. The van der Waals surface area contributed by atoms with Gasteiger partial charge in [0.2, 0.25) is 0 Å². The minimum atomic E-state index is -0.237. The number of hydrogen-bond donors (Lipinski definition) is 0. The molecule has 0 fully saturated rings. The lowest BCUT2D eigenvalue weighted by Gasteiger charge is -2.03. The fourth-order valence-electron chi connectivity index (χ4n) is 1.74. The summed E-state index contributed by atoms with van der Waals surface area (Å²) in [6.07, 6.45) is 1.95. The summed E-state index contributed by atoms with van der Waals surface area (Å²) in [6.45, 7) is 2.60. The number of halogens is 2. The van der Waals surface area contributed by atoms with Crippen LogP contribution < -0.4 is 0 Å². The molecule has 2 rings (SSSR count). The summed E-state index contributed by atoms with van der Waals surface area (Å²) in [5.41, 5.74) is 1.84. The van der Waals surface area contributed by atoms with Gasteiger partial charge in [0.15, 0.2) is 0 Å². The molecule has 4 heteroatoms. The first-order valence-electron chi connectivity index (χ1n) is 5.65. The smallest absolute Gasteiger partial charge is 0.127 e. The van der Waals surface area contributed by atoms with Crippen LogP contribution in [0.1, 0.15) is 24.6 Å². The van der Waals surface area contributed by atoms with E-state index in [9.17, 15) is 4.39 Å². The third-order valence-electron chi connectivity index (χ3n) is 2.51. The molecule has 0 aliphatic carbocycles. The van der Waals surface area contributed by atoms with Gasteiger partial charge in [-0.25, -0.2) is 9.07 Å². The predicted octanol–water partition coefficient (Wildman–Crippen LogP) is 3.68. The van der Waals surface area contributed by atoms with Crippen LogP contribution in [0.2, 0.25) is 5.15 Å². The van der Waals surface area contributed by atoms with Crippen LogP contribution in [0.4, 0.5) is 4.39 Å². The van der Waals surface area contributed by atoms with Gasteiger partial charge in [-0.15, -0.1) is 0 Å². The Bertz CT molecular complexity index is 508. The molecule has 0 radical (unpaired) electrons. The number of hydrogen-bond acceptors (Lipinski definition) is 1. The molecule has 0 saturated heterocycles. The zero-order valence-electron chi connectivity index (χ0n) is 9.66. The van der Waals surface area contributed by atoms with Crippen molar-refractivity contribution in [2.75, 3.05) is 0 Å². The molecular formula is C13H14ClFN2. The molecule has 1 aromatic heterocycles. The number of aromatic nitrogens is 2. The van der Waals surface area contributed by atoms with Crippen molar-refractivity contribution in [2.45, 2.75) is 26.3 Å². The van der Waals surface area contributed by atoms with Crippen molar-refractivity contribution < 1.29 is 4.39 Å². The monoisotopic (exact) mass is 252 g/mol. The molecule has 0 bridgehead atoms. The first kappa shape index (κ1) is 12.1. The third kappa shape index (κ3) is 3.07. The molecule has 0 aliphatic heterocycles. The van der Waals surface area contributed by atoms with Crippen LogP contribution in [0, 0.1) is 5.82 Å². The van der Waals surface area contributed by atoms with E-state index in [0.29, 0.717) is 11.7 Å². The van der Waals surface area contributed by atoms with Crippen LogP contribution in [0.15, 0.2) is 30.3 Å². The van der Waals surface area contributed by atoms with E-state index >= 15 is 0 Å². The molecule has 17 heavy (non-hydrogen) atoms. The molecule has 0 amide bonds. The second-order valence-corrected chi connectivity index (χ2v) is 4.38. The zero-order valence-corrected chi connectivity index (χ0v) is 10.4. The van der Waals surface area contributed by atoms with Crippen LogP contribution >= 0.6 is 11.6 Å². The Kier molecular flexibility index (Phi) is 3.79. The normalized spacial score (nSPS) is 10.8. The Balaban J connectivity index is 2.18. The molecule has 0 N–H and O–H groups in total. The van der Waals surface area contributed by atoms with Gasteiger partial charge in [0, 0.05) is 0 Å². The summed E-state index contributed by atoms with van der Waals surface area (Å²) in [7, 11) is 0. The highest BCUT2D eigenvalue weighted by Gasteiger charge is 2.06. The topological polar surface area (TPSA) is 17.8 Å². The average molecular weight is 253 g/mol. The second-order valence-electron chi connectivity index (χ2n) is 4.00. The molecule has 90 valence electrons. The maximum atomic E-state index is 13.0. The lowest BCUT2D eigenvalue weighted by molar-refractivity contribution is 0.618. The van der Waals surface area contributed by atoms with Gasteiger partial charge in [-0.2, -0.15) is 5.10 Å². The minimum absolute atomic E-state index is 0.237. The Morgan fingerprint density at radius 3 is 2.88 bits per heavy atom. The predicted molar refractivity (Wildman–Crippen MR) is 66.7 cm³/mol. The van der Waals surface area contributed by atoms with Crippen molar-refractivity contribution in [3.63, 3.8) is 0 Å². The van der Waals surface area contributed by atoms with E-state index in [4.69, 9.17) is 11.6 Å². The molecule has 0 spiro atoms. The fourth-order valence-corrected chi connectivity index (χ4v) is 1.96.